The second-order valence-corrected chi connectivity index (χ2v) is 7.33. The van der Waals surface area contributed by atoms with Crippen molar-refractivity contribution in [3.63, 3.8) is 0 Å². The highest BCUT2D eigenvalue weighted by Crippen LogP contribution is 2.21. The van der Waals surface area contributed by atoms with Gasteiger partial charge in [0.2, 0.25) is 0 Å². The second-order valence-electron chi connectivity index (χ2n) is 6.44. The molecule has 0 aliphatic rings. The molecule has 8 heteroatoms. The smallest absolute Gasteiger partial charge is 0.194 e. The Morgan fingerprint density at radius 1 is 1.39 bits per heavy atom. The summed E-state index contributed by atoms with van der Waals surface area (Å²) < 4.78 is 24.2. The van der Waals surface area contributed by atoms with Crippen molar-refractivity contribution in [2.75, 3.05) is 27.8 Å². The lowest BCUT2D eigenvalue weighted by molar-refractivity contribution is 0.119. The largest absolute Gasteiger partial charge is 0.380 e. The average Bonchev–Trinajstić information content (AvgIpc) is 3.15. The van der Waals surface area contributed by atoms with Gasteiger partial charge in [-0.3, -0.25) is 0 Å². The predicted octanol–water partition coefficient (Wildman–Crippen LogP) is 3.73. The summed E-state index contributed by atoms with van der Waals surface area (Å²) in [6.45, 7) is 6.10. The normalized spacial score (nSPS) is 12.9. The number of nitrogens with one attached hydrogen (secondary N) is 1. The minimum Gasteiger partial charge on any atom is -0.380 e. The van der Waals surface area contributed by atoms with Crippen LogP contribution >= 0.6 is 11.3 Å². The fourth-order valence-corrected chi connectivity index (χ4v) is 3.47. The van der Waals surface area contributed by atoms with Crippen molar-refractivity contribution in [2.24, 2.45) is 4.99 Å². The molecule has 0 bridgehead atoms. The van der Waals surface area contributed by atoms with Gasteiger partial charge < -0.3 is 19.7 Å². The van der Waals surface area contributed by atoms with Gasteiger partial charge in [-0.2, -0.15) is 0 Å². The molecule has 0 saturated carbocycles. The van der Waals surface area contributed by atoms with Gasteiger partial charge in [-0.05, 0) is 31.5 Å². The highest BCUT2D eigenvalue weighted by molar-refractivity contribution is 7.09. The van der Waals surface area contributed by atoms with Gasteiger partial charge >= 0.3 is 0 Å². The Morgan fingerprint density at radius 2 is 2.18 bits per heavy atom. The SMILES string of the molecule is CCNC(=NCc1ccc(F)c(COC)c1)N(C)Cc1csc(C(C)OC)n1. The van der Waals surface area contributed by atoms with E-state index in [2.05, 4.69) is 15.3 Å². The maximum Gasteiger partial charge on any atom is 0.194 e. The number of hydrogen-bond acceptors (Lipinski definition) is 5. The van der Waals surface area contributed by atoms with E-state index < -0.39 is 0 Å². The van der Waals surface area contributed by atoms with Gasteiger partial charge in [0.15, 0.2) is 5.96 Å². The summed E-state index contributed by atoms with van der Waals surface area (Å²) in [6.07, 6.45) is -0.00858. The number of nitrogens with zero attached hydrogens (tertiary/aromatic N) is 3. The summed E-state index contributed by atoms with van der Waals surface area (Å²) in [5.74, 6) is 0.512. The number of hydrogen-bond donors (Lipinski definition) is 1. The molecule has 0 aliphatic heterocycles. The lowest BCUT2D eigenvalue weighted by Gasteiger charge is -2.21. The molecule has 0 saturated heterocycles. The molecule has 0 fully saturated rings. The zero-order chi connectivity index (χ0) is 20.5. The van der Waals surface area contributed by atoms with Crippen LogP contribution in [0.3, 0.4) is 0 Å². The predicted molar refractivity (Wildman–Crippen MR) is 111 cm³/mol. The summed E-state index contributed by atoms with van der Waals surface area (Å²) in [5, 5.41) is 6.30. The maximum absolute atomic E-state index is 13.8. The van der Waals surface area contributed by atoms with Crippen LogP contribution in [0.2, 0.25) is 0 Å². The summed E-state index contributed by atoms with van der Waals surface area (Å²) in [7, 11) is 5.21. The topological polar surface area (TPSA) is 59.0 Å². The summed E-state index contributed by atoms with van der Waals surface area (Å²) in [4.78, 5) is 11.4. The lowest BCUT2D eigenvalue weighted by atomic mass is 10.1. The Kier molecular flexibility index (Phi) is 8.82. The van der Waals surface area contributed by atoms with Gasteiger partial charge in [0.05, 0.1) is 25.4 Å². The molecule has 0 amide bonds. The minimum absolute atomic E-state index is 0.00858. The van der Waals surface area contributed by atoms with Gasteiger partial charge in [0.1, 0.15) is 16.9 Å². The fraction of sp³-hybridized carbons (Fsp3) is 0.500. The second kappa shape index (κ2) is 11.1. The molecule has 1 atom stereocenters. The fourth-order valence-electron chi connectivity index (χ4n) is 2.63. The maximum atomic E-state index is 13.8. The molecule has 0 spiro atoms. The first-order chi connectivity index (χ1) is 13.5. The van der Waals surface area contributed by atoms with Crippen LogP contribution in [-0.4, -0.2) is 43.7 Å². The van der Waals surface area contributed by atoms with Crippen LogP contribution in [0.25, 0.3) is 0 Å². The highest BCUT2D eigenvalue weighted by Gasteiger charge is 2.13. The van der Waals surface area contributed by atoms with Gasteiger partial charge in [-0.15, -0.1) is 11.3 Å². The number of rotatable bonds is 9. The molecule has 2 aromatic rings. The van der Waals surface area contributed by atoms with E-state index in [0.29, 0.717) is 18.7 Å². The number of ether oxygens (including phenoxy) is 2. The standard InChI is InChI=1S/C20H29FN4O2S/c1-6-22-20(23-10-15-7-8-18(21)16(9-15)12-26-4)25(3)11-17-13-28-19(24-17)14(2)27-5/h7-9,13-14H,6,10-12H2,1-5H3,(H,22,23). The Bertz CT molecular complexity index is 781. The molecule has 1 aromatic heterocycles. The summed E-state index contributed by atoms with van der Waals surface area (Å²) in [5.41, 5.74) is 2.44. The number of guanidine groups is 1. The van der Waals surface area contributed by atoms with Gasteiger partial charge in [0, 0.05) is 38.8 Å². The minimum atomic E-state index is -0.261. The van der Waals surface area contributed by atoms with Crippen LogP contribution in [0.15, 0.2) is 28.6 Å². The average molecular weight is 409 g/mol. The van der Waals surface area contributed by atoms with E-state index in [1.165, 1.54) is 6.07 Å². The number of halogens is 1. The molecule has 28 heavy (non-hydrogen) atoms. The molecule has 1 aromatic carbocycles. The van der Waals surface area contributed by atoms with E-state index >= 15 is 0 Å². The van der Waals surface area contributed by atoms with Crippen molar-refractivity contribution in [2.45, 2.75) is 39.6 Å². The molecular weight excluding hydrogens is 379 g/mol. The number of aliphatic imine (C=N–C) groups is 1. The van der Waals surface area contributed by atoms with E-state index in [0.717, 1.165) is 28.8 Å². The first-order valence-corrected chi connectivity index (χ1v) is 10.1. The summed E-state index contributed by atoms with van der Waals surface area (Å²) >= 11 is 1.60. The van der Waals surface area contributed by atoms with Crippen molar-refractivity contribution < 1.29 is 13.9 Å². The molecule has 6 nitrogen and oxygen atoms in total. The van der Waals surface area contributed by atoms with Crippen molar-refractivity contribution >= 4 is 17.3 Å². The van der Waals surface area contributed by atoms with Crippen molar-refractivity contribution in [3.05, 3.63) is 51.2 Å². The molecule has 154 valence electrons. The van der Waals surface area contributed by atoms with Crippen LogP contribution in [0.4, 0.5) is 4.39 Å². The number of methoxy groups -OCH3 is 2. The molecule has 2 rings (SSSR count). The van der Waals surface area contributed by atoms with E-state index in [9.17, 15) is 4.39 Å². The number of thiazole rings is 1. The number of benzene rings is 1. The molecule has 1 N–H and O–H groups in total. The van der Waals surface area contributed by atoms with E-state index in [-0.39, 0.29) is 18.5 Å². The van der Waals surface area contributed by atoms with E-state index in [1.807, 2.05) is 31.2 Å². The van der Waals surface area contributed by atoms with E-state index in [1.54, 1.807) is 37.7 Å². The van der Waals surface area contributed by atoms with Gasteiger partial charge in [0.25, 0.3) is 0 Å². The third kappa shape index (κ3) is 6.25. The van der Waals surface area contributed by atoms with Crippen molar-refractivity contribution in [3.8, 4) is 0 Å². The Morgan fingerprint density at radius 3 is 2.86 bits per heavy atom. The Hall–Kier alpha value is -2.03. The quantitative estimate of drug-likeness (QED) is 0.506. The van der Waals surface area contributed by atoms with E-state index in [4.69, 9.17) is 9.47 Å². The highest BCUT2D eigenvalue weighted by atomic mass is 32.1. The molecule has 1 unspecified atom stereocenters. The number of aromatic nitrogens is 1. The third-order valence-electron chi connectivity index (χ3n) is 4.19. The zero-order valence-electron chi connectivity index (χ0n) is 17.2. The van der Waals surface area contributed by atoms with Crippen LogP contribution in [0.1, 0.15) is 41.8 Å². The molecule has 1 heterocycles. The van der Waals surface area contributed by atoms with Crippen LogP contribution in [-0.2, 0) is 29.2 Å². The van der Waals surface area contributed by atoms with Gasteiger partial charge in [-0.25, -0.2) is 14.4 Å². The van der Waals surface area contributed by atoms with Crippen LogP contribution < -0.4 is 5.32 Å². The Balaban J connectivity index is 2.08. The summed E-state index contributed by atoms with van der Waals surface area (Å²) in [6, 6.07) is 5.01. The first-order valence-electron chi connectivity index (χ1n) is 9.21. The van der Waals surface area contributed by atoms with Crippen molar-refractivity contribution in [1.82, 2.24) is 15.2 Å². The third-order valence-corrected chi connectivity index (χ3v) is 5.24. The molecule has 0 radical (unpaired) electrons. The molecule has 0 aliphatic carbocycles. The zero-order valence-corrected chi connectivity index (χ0v) is 18.0. The van der Waals surface area contributed by atoms with Crippen LogP contribution in [0, 0.1) is 5.82 Å². The Labute approximate surface area is 170 Å². The van der Waals surface area contributed by atoms with Gasteiger partial charge in [-0.1, -0.05) is 6.07 Å². The molecular formula is C20H29FN4O2S. The first kappa shape index (κ1) is 22.3. The lowest BCUT2D eigenvalue weighted by Crippen LogP contribution is -2.38. The van der Waals surface area contributed by atoms with Crippen LogP contribution in [0.5, 0.6) is 0 Å². The van der Waals surface area contributed by atoms with Crippen molar-refractivity contribution in [1.29, 1.82) is 0 Å². The monoisotopic (exact) mass is 408 g/mol.